The van der Waals surface area contributed by atoms with Crippen molar-refractivity contribution in [2.75, 3.05) is 20.8 Å². The molecule has 0 bridgehead atoms. The first-order valence-corrected chi connectivity index (χ1v) is 12.2. The molecule has 1 aliphatic carbocycles. The third kappa shape index (κ3) is 3.88. The van der Waals surface area contributed by atoms with Gasteiger partial charge in [-0.3, -0.25) is 9.59 Å². The van der Waals surface area contributed by atoms with Crippen LogP contribution in [-0.2, 0) is 19.0 Å². The van der Waals surface area contributed by atoms with Crippen LogP contribution >= 0.6 is 11.6 Å². The van der Waals surface area contributed by atoms with Crippen LogP contribution in [0, 0.1) is 5.92 Å². The summed E-state index contributed by atoms with van der Waals surface area (Å²) in [5.41, 5.74) is -1.02. The molecule has 1 unspecified atom stereocenters. The van der Waals surface area contributed by atoms with Crippen molar-refractivity contribution in [2.24, 2.45) is 5.92 Å². The molecular formula is C25H27ClN2O8. The molecule has 4 atom stereocenters. The number of allylic oxidation sites excluding steroid dienone is 1. The lowest BCUT2D eigenvalue weighted by molar-refractivity contribution is -0.190. The Hall–Kier alpha value is -2.95. The van der Waals surface area contributed by atoms with Gasteiger partial charge >= 0.3 is 0 Å². The number of fused-ring (bicyclic) bond motifs is 1. The number of Topliss-reactive ketones (excluding diaryl/α,β-unsaturated/α-hetero) is 1. The molecule has 2 aromatic rings. The van der Waals surface area contributed by atoms with Crippen LogP contribution in [0.5, 0.6) is 11.5 Å². The minimum Gasteiger partial charge on any atom is -0.496 e. The average Bonchev–Trinajstić information content (AvgIpc) is 3.47. The standard InChI is InChI=1S/C25H27ClN2O8/c1-12-9-14(29)10-17(32-4)25(12)22(30)19-16(31-3)11-15(20(26)21(19)36-25)24-28-27-23(35-24)13(2)34-18-7-5-6-8-33-18/h10-13,18H,5-9H2,1-4H3/t12-,13-,18?,25+/m1/s1. The molecular weight excluding hydrogens is 492 g/mol. The van der Waals surface area contributed by atoms with E-state index in [2.05, 4.69) is 10.2 Å². The van der Waals surface area contributed by atoms with Crippen molar-refractivity contribution in [3.05, 3.63) is 34.4 Å². The highest BCUT2D eigenvalue weighted by Crippen LogP contribution is 2.54. The van der Waals surface area contributed by atoms with E-state index < -0.39 is 23.4 Å². The first-order chi connectivity index (χ1) is 17.3. The maximum atomic E-state index is 13.7. The zero-order valence-corrected chi connectivity index (χ0v) is 21.2. The van der Waals surface area contributed by atoms with Gasteiger partial charge in [0.15, 0.2) is 23.6 Å². The van der Waals surface area contributed by atoms with E-state index in [-0.39, 0.29) is 58.1 Å². The van der Waals surface area contributed by atoms with Gasteiger partial charge in [0.2, 0.25) is 23.2 Å². The highest BCUT2D eigenvalue weighted by atomic mass is 35.5. The second kappa shape index (κ2) is 9.49. The van der Waals surface area contributed by atoms with E-state index in [0.717, 1.165) is 19.3 Å². The van der Waals surface area contributed by atoms with Crippen molar-refractivity contribution in [1.82, 2.24) is 10.2 Å². The van der Waals surface area contributed by atoms with Gasteiger partial charge in [0.1, 0.15) is 17.4 Å². The van der Waals surface area contributed by atoms with E-state index in [4.69, 9.17) is 39.7 Å². The number of nitrogens with zero attached hydrogens (tertiary/aromatic N) is 2. The number of rotatable bonds is 6. The van der Waals surface area contributed by atoms with Crippen LogP contribution in [0.15, 0.2) is 22.3 Å². The van der Waals surface area contributed by atoms with Crippen molar-refractivity contribution in [2.45, 2.75) is 57.5 Å². The maximum absolute atomic E-state index is 13.7. The highest BCUT2D eigenvalue weighted by molar-refractivity contribution is 6.36. The van der Waals surface area contributed by atoms with Gasteiger partial charge < -0.3 is 28.1 Å². The number of ether oxygens (including phenoxy) is 5. The molecule has 0 N–H and O–H groups in total. The first kappa shape index (κ1) is 24.7. The topological polar surface area (TPSA) is 119 Å². The molecule has 1 saturated heterocycles. The third-order valence-electron chi connectivity index (χ3n) is 6.82. The Morgan fingerprint density at radius 2 is 2.00 bits per heavy atom. The number of aromatic nitrogens is 2. The Morgan fingerprint density at radius 3 is 2.69 bits per heavy atom. The van der Waals surface area contributed by atoms with Crippen molar-refractivity contribution >= 4 is 23.2 Å². The summed E-state index contributed by atoms with van der Waals surface area (Å²) in [5.74, 6) is -0.201. The largest absolute Gasteiger partial charge is 0.496 e. The molecule has 5 rings (SSSR count). The lowest BCUT2D eigenvalue weighted by Gasteiger charge is -2.36. The molecule has 3 aliphatic rings. The minimum absolute atomic E-state index is 0.106. The highest BCUT2D eigenvalue weighted by Gasteiger charge is 2.60. The molecule has 0 amide bonds. The molecule has 0 radical (unpaired) electrons. The van der Waals surface area contributed by atoms with Crippen molar-refractivity contribution < 1.29 is 37.7 Å². The number of halogens is 1. The zero-order chi connectivity index (χ0) is 25.6. The van der Waals surface area contributed by atoms with Crippen LogP contribution in [-0.4, -0.2) is 54.5 Å². The van der Waals surface area contributed by atoms with E-state index in [0.29, 0.717) is 12.2 Å². The van der Waals surface area contributed by atoms with Gasteiger partial charge in [-0.2, -0.15) is 0 Å². The van der Waals surface area contributed by atoms with Crippen LogP contribution < -0.4 is 9.47 Å². The van der Waals surface area contributed by atoms with Gasteiger partial charge in [0.25, 0.3) is 0 Å². The summed E-state index contributed by atoms with van der Waals surface area (Å²) in [4.78, 5) is 25.9. The summed E-state index contributed by atoms with van der Waals surface area (Å²) in [5, 5.41) is 8.37. The Bertz CT molecular complexity index is 1230. The predicted octanol–water partition coefficient (Wildman–Crippen LogP) is 4.46. The summed E-state index contributed by atoms with van der Waals surface area (Å²) < 4.78 is 34.7. The fourth-order valence-electron chi connectivity index (χ4n) is 4.94. The molecule has 1 aromatic heterocycles. The molecule has 11 heteroatoms. The van der Waals surface area contributed by atoms with Crippen molar-refractivity contribution in [3.63, 3.8) is 0 Å². The van der Waals surface area contributed by atoms with Crippen LogP contribution in [0.4, 0.5) is 0 Å². The van der Waals surface area contributed by atoms with Gasteiger partial charge in [-0.25, -0.2) is 0 Å². The van der Waals surface area contributed by atoms with Crippen LogP contribution in [0.3, 0.4) is 0 Å². The van der Waals surface area contributed by atoms with Gasteiger partial charge in [-0.1, -0.05) is 18.5 Å². The summed E-state index contributed by atoms with van der Waals surface area (Å²) in [6, 6.07) is 1.56. The lowest BCUT2D eigenvalue weighted by atomic mass is 9.75. The fourth-order valence-corrected chi connectivity index (χ4v) is 5.21. The monoisotopic (exact) mass is 518 g/mol. The Kier molecular flexibility index (Phi) is 6.52. The molecule has 2 aliphatic heterocycles. The van der Waals surface area contributed by atoms with E-state index >= 15 is 0 Å². The van der Waals surface area contributed by atoms with Crippen LogP contribution in [0.25, 0.3) is 11.5 Å². The Balaban J connectivity index is 1.51. The molecule has 0 saturated carbocycles. The van der Waals surface area contributed by atoms with Crippen molar-refractivity contribution in [3.8, 4) is 23.0 Å². The predicted molar refractivity (Wildman–Crippen MR) is 126 cm³/mol. The number of hydrogen-bond donors (Lipinski definition) is 0. The van der Waals surface area contributed by atoms with Gasteiger partial charge in [-0.05, 0) is 32.3 Å². The van der Waals surface area contributed by atoms with Gasteiger partial charge in [0.05, 0.1) is 24.8 Å². The molecule has 192 valence electrons. The molecule has 36 heavy (non-hydrogen) atoms. The fraction of sp³-hybridized carbons (Fsp3) is 0.520. The molecule has 1 aromatic carbocycles. The Morgan fingerprint density at radius 1 is 1.19 bits per heavy atom. The normalized spacial score (nSPS) is 26.4. The van der Waals surface area contributed by atoms with E-state index in [1.165, 1.54) is 20.3 Å². The van der Waals surface area contributed by atoms with Gasteiger partial charge in [0, 0.05) is 25.0 Å². The molecule has 1 fully saturated rings. The number of methoxy groups -OCH3 is 2. The van der Waals surface area contributed by atoms with E-state index in [1.54, 1.807) is 19.9 Å². The molecule has 3 heterocycles. The number of carbonyl (C=O) groups is 2. The smallest absolute Gasteiger partial charge is 0.249 e. The summed E-state index contributed by atoms with van der Waals surface area (Å²) >= 11 is 6.76. The zero-order valence-electron chi connectivity index (χ0n) is 20.5. The van der Waals surface area contributed by atoms with Crippen LogP contribution in [0.2, 0.25) is 5.02 Å². The summed E-state index contributed by atoms with van der Waals surface area (Å²) in [6.07, 6.45) is 3.44. The van der Waals surface area contributed by atoms with E-state index in [9.17, 15) is 9.59 Å². The molecule has 10 nitrogen and oxygen atoms in total. The Labute approximate surface area is 212 Å². The number of benzene rings is 1. The summed E-state index contributed by atoms with van der Waals surface area (Å²) in [7, 11) is 2.83. The maximum Gasteiger partial charge on any atom is 0.249 e. The number of carbonyl (C=O) groups excluding carboxylic acids is 2. The third-order valence-corrected chi connectivity index (χ3v) is 7.20. The number of hydrogen-bond acceptors (Lipinski definition) is 10. The quantitative estimate of drug-likeness (QED) is 0.542. The second-order valence-electron chi connectivity index (χ2n) is 9.12. The minimum atomic E-state index is -1.52. The van der Waals surface area contributed by atoms with Gasteiger partial charge in [-0.15, -0.1) is 10.2 Å². The first-order valence-electron chi connectivity index (χ1n) is 11.8. The second-order valence-corrected chi connectivity index (χ2v) is 9.49. The SMILES string of the molecule is COC1=CC(=O)C[C@@H](C)[C@]12Oc1c(Cl)c(-c3nnc([C@@H](C)OC4CCCCO4)o3)cc(OC)c1C2=O. The van der Waals surface area contributed by atoms with Crippen LogP contribution in [0.1, 0.15) is 61.9 Å². The molecule has 1 spiro atoms. The van der Waals surface area contributed by atoms with Crippen molar-refractivity contribution in [1.29, 1.82) is 0 Å². The average molecular weight is 519 g/mol. The summed E-state index contributed by atoms with van der Waals surface area (Å²) in [6.45, 7) is 4.22. The van der Waals surface area contributed by atoms with E-state index in [1.807, 2.05) is 0 Å². The number of ketones is 2. The lowest BCUT2D eigenvalue weighted by Crippen LogP contribution is -2.51.